The lowest BCUT2D eigenvalue weighted by Gasteiger charge is -2.43. The molecule has 1 spiro atoms. The van der Waals surface area contributed by atoms with Crippen LogP contribution in [0.2, 0.25) is 0 Å². The van der Waals surface area contributed by atoms with Crippen LogP contribution in [0.3, 0.4) is 0 Å². The second-order valence-corrected chi connectivity index (χ2v) is 9.93. The summed E-state index contributed by atoms with van der Waals surface area (Å²) in [6.45, 7) is 3.78. The number of hydrogen-bond donors (Lipinski definition) is 0. The molecule has 0 bridgehead atoms. The smallest absolute Gasteiger partial charge is 0.339 e. The molecule has 9 heteroatoms. The molecule has 2 fully saturated rings. The standard InChI is InChI=1S/C27H33F3N4O2/c1-21(2)33(19-27(28,29)30)24(35)18-32-20-34(23-11-7-4-8-12-23)26(25(32)36)13-15-31(16-14-26)17-22-9-5-3-6-10-22/h3-12,21H,13-20H2,1-2H3. The first-order valence-electron chi connectivity index (χ1n) is 12.3. The minimum atomic E-state index is -4.50. The Morgan fingerprint density at radius 1 is 1.00 bits per heavy atom. The number of likely N-dealkylation sites (tertiary alicyclic amines) is 1. The van der Waals surface area contributed by atoms with Crippen molar-refractivity contribution >= 4 is 17.5 Å². The molecule has 0 N–H and O–H groups in total. The Balaban J connectivity index is 1.53. The maximum Gasteiger partial charge on any atom is 0.406 e. The molecule has 0 radical (unpaired) electrons. The number of anilines is 1. The van der Waals surface area contributed by atoms with Gasteiger partial charge in [0.2, 0.25) is 11.8 Å². The van der Waals surface area contributed by atoms with E-state index in [1.165, 1.54) is 10.5 Å². The van der Waals surface area contributed by atoms with E-state index in [2.05, 4.69) is 17.0 Å². The summed E-state index contributed by atoms with van der Waals surface area (Å²) in [5.41, 5.74) is 1.26. The maximum atomic E-state index is 13.8. The number of para-hydroxylation sites is 1. The summed E-state index contributed by atoms with van der Waals surface area (Å²) in [5, 5.41) is 0. The number of alkyl halides is 3. The van der Waals surface area contributed by atoms with E-state index < -0.39 is 30.2 Å². The molecular formula is C27H33F3N4O2. The van der Waals surface area contributed by atoms with E-state index >= 15 is 0 Å². The molecule has 2 aliphatic rings. The molecule has 194 valence electrons. The van der Waals surface area contributed by atoms with Crippen molar-refractivity contribution in [3.05, 3.63) is 66.2 Å². The lowest BCUT2D eigenvalue weighted by atomic mass is 9.85. The number of nitrogens with zero attached hydrogens (tertiary/aromatic N) is 4. The van der Waals surface area contributed by atoms with E-state index in [1.807, 2.05) is 53.4 Å². The van der Waals surface area contributed by atoms with Crippen LogP contribution >= 0.6 is 0 Å². The number of amides is 2. The average Bonchev–Trinajstić information content (AvgIpc) is 3.10. The Kier molecular flexibility index (Phi) is 7.59. The van der Waals surface area contributed by atoms with Gasteiger partial charge in [0.1, 0.15) is 18.6 Å². The number of carbonyl (C=O) groups is 2. The first kappa shape index (κ1) is 26.0. The summed E-state index contributed by atoms with van der Waals surface area (Å²) in [4.78, 5) is 33.3. The third-order valence-electron chi connectivity index (χ3n) is 7.13. The lowest BCUT2D eigenvalue weighted by Crippen LogP contribution is -2.56. The zero-order valence-corrected chi connectivity index (χ0v) is 20.7. The van der Waals surface area contributed by atoms with Crippen molar-refractivity contribution in [3.63, 3.8) is 0 Å². The van der Waals surface area contributed by atoms with Crippen LogP contribution < -0.4 is 4.90 Å². The Bertz CT molecular complexity index is 1040. The highest BCUT2D eigenvalue weighted by Gasteiger charge is 2.54. The van der Waals surface area contributed by atoms with Crippen LogP contribution in [-0.2, 0) is 16.1 Å². The second-order valence-electron chi connectivity index (χ2n) is 9.93. The third kappa shape index (κ3) is 5.67. The van der Waals surface area contributed by atoms with Gasteiger partial charge in [-0.05, 0) is 44.4 Å². The summed E-state index contributed by atoms with van der Waals surface area (Å²) >= 11 is 0. The van der Waals surface area contributed by atoms with Gasteiger partial charge in [-0.3, -0.25) is 14.5 Å². The SMILES string of the molecule is CC(C)N(CC(F)(F)F)C(=O)CN1CN(c2ccccc2)C2(CCN(Cc3ccccc3)CC2)C1=O. The molecule has 0 aliphatic carbocycles. The number of halogens is 3. The fraction of sp³-hybridized carbons (Fsp3) is 0.481. The predicted molar refractivity (Wildman–Crippen MR) is 132 cm³/mol. The van der Waals surface area contributed by atoms with Gasteiger partial charge in [0.25, 0.3) is 0 Å². The molecule has 36 heavy (non-hydrogen) atoms. The van der Waals surface area contributed by atoms with Crippen molar-refractivity contribution in [2.45, 2.75) is 51.0 Å². The van der Waals surface area contributed by atoms with Crippen LogP contribution in [-0.4, -0.2) is 77.1 Å². The van der Waals surface area contributed by atoms with Crippen molar-refractivity contribution in [2.24, 2.45) is 0 Å². The fourth-order valence-corrected chi connectivity index (χ4v) is 5.25. The molecule has 6 nitrogen and oxygen atoms in total. The monoisotopic (exact) mass is 502 g/mol. The van der Waals surface area contributed by atoms with Gasteiger partial charge in [0.05, 0.1) is 6.67 Å². The Hall–Kier alpha value is -3.07. The van der Waals surface area contributed by atoms with Crippen molar-refractivity contribution in [1.82, 2.24) is 14.7 Å². The van der Waals surface area contributed by atoms with Gasteiger partial charge in [0.15, 0.2) is 0 Å². The van der Waals surface area contributed by atoms with Gasteiger partial charge >= 0.3 is 6.18 Å². The highest BCUT2D eigenvalue weighted by atomic mass is 19.4. The molecule has 0 atom stereocenters. The van der Waals surface area contributed by atoms with Gasteiger partial charge < -0.3 is 14.7 Å². The summed E-state index contributed by atoms with van der Waals surface area (Å²) in [7, 11) is 0. The van der Waals surface area contributed by atoms with E-state index in [0.717, 1.165) is 17.1 Å². The maximum absolute atomic E-state index is 13.8. The summed E-state index contributed by atoms with van der Waals surface area (Å²) in [6, 6.07) is 19.1. The Morgan fingerprint density at radius 3 is 2.14 bits per heavy atom. The van der Waals surface area contributed by atoms with Crippen LogP contribution in [0.5, 0.6) is 0 Å². The van der Waals surface area contributed by atoms with Crippen molar-refractivity contribution < 1.29 is 22.8 Å². The molecule has 2 heterocycles. The van der Waals surface area contributed by atoms with E-state index in [0.29, 0.717) is 25.9 Å². The van der Waals surface area contributed by atoms with Crippen LogP contribution in [0.1, 0.15) is 32.3 Å². The third-order valence-corrected chi connectivity index (χ3v) is 7.13. The first-order valence-corrected chi connectivity index (χ1v) is 12.3. The summed E-state index contributed by atoms with van der Waals surface area (Å²) < 4.78 is 39.3. The predicted octanol–water partition coefficient (Wildman–Crippen LogP) is 4.13. The highest BCUT2D eigenvalue weighted by Crippen LogP contribution is 2.39. The summed E-state index contributed by atoms with van der Waals surface area (Å²) in [6.07, 6.45) is -3.35. The highest BCUT2D eigenvalue weighted by molar-refractivity contribution is 5.96. The number of benzene rings is 2. The molecule has 0 saturated carbocycles. The largest absolute Gasteiger partial charge is 0.406 e. The van der Waals surface area contributed by atoms with Gasteiger partial charge in [-0.1, -0.05) is 48.5 Å². The van der Waals surface area contributed by atoms with Crippen LogP contribution in [0.15, 0.2) is 60.7 Å². The molecule has 2 saturated heterocycles. The van der Waals surface area contributed by atoms with Gasteiger partial charge in [-0.15, -0.1) is 0 Å². The molecule has 2 aromatic rings. The van der Waals surface area contributed by atoms with Crippen molar-refractivity contribution in [1.29, 1.82) is 0 Å². The van der Waals surface area contributed by atoms with Crippen molar-refractivity contribution in [3.8, 4) is 0 Å². The van der Waals surface area contributed by atoms with E-state index in [-0.39, 0.29) is 19.1 Å². The molecule has 0 aromatic heterocycles. The van der Waals surface area contributed by atoms with Crippen LogP contribution in [0.4, 0.5) is 18.9 Å². The summed E-state index contributed by atoms with van der Waals surface area (Å²) in [5.74, 6) is -0.878. The van der Waals surface area contributed by atoms with E-state index in [4.69, 9.17) is 0 Å². The minimum Gasteiger partial charge on any atom is -0.339 e. The Labute approximate surface area is 210 Å². The quantitative estimate of drug-likeness (QED) is 0.572. The second kappa shape index (κ2) is 10.5. The van der Waals surface area contributed by atoms with Crippen molar-refractivity contribution in [2.75, 3.05) is 37.7 Å². The van der Waals surface area contributed by atoms with E-state index in [1.54, 1.807) is 13.8 Å². The topological polar surface area (TPSA) is 47.1 Å². The number of carbonyl (C=O) groups excluding carboxylic acids is 2. The van der Waals surface area contributed by atoms with Gasteiger partial charge in [-0.25, -0.2) is 0 Å². The number of rotatable bonds is 7. The molecule has 4 rings (SSSR count). The molecule has 0 unspecified atom stereocenters. The normalized spacial score (nSPS) is 18.3. The Morgan fingerprint density at radius 2 is 1.58 bits per heavy atom. The van der Waals surface area contributed by atoms with Gasteiger partial charge in [-0.2, -0.15) is 13.2 Å². The number of hydrogen-bond acceptors (Lipinski definition) is 4. The molecular weight excluding hydrogens is 469 g/mol. The molecule has 2 amide bonds. The zero-order valence-electron chi connectivity index (χ0n) is 20.7. The number of piperidine rings is 1. The van der Waals surface area contributed by atoms with Gasteiger partial charge in [0, 0.05) is 31.4 Å². The van der Waals surface area contributed by atoms with Crippen LogP contribution in [0.25, 0.3) is 0 Å². The lowest BCUT2D eigenvalue weighted by molar-refractivity contribution is -0.165. The molecule has 2 aromatic carbocycles. The first-order chi connectivity index (χ1) is 17.1. The zero-order chi connectivity index (χ0) is 25.9. The fourth-order valence-electron chi connectivity index (χ4n) is 5.25. The average molecular weight is 503 g/mol. The minimum absolute atomic E-state index is 0.172. The van der Waals surface area contributed by atoms with E-state index in [9.17, 15) is 22.8 Å². The van der Waals surface area contributed by atoms with Crippen LogP contribution in [0, 0.1) is 0 Å². The molecule has 2 aliphatic heterocycles.